The summed E-state index contributed by atoms with van der Waals surface area (Å²) in [5.74, 6) is -8.40. The first-order valence-corrected chi connectivity index (χ1v) is 23.1. The molecule has 5 aromatic carbocycles. The summed E-state index contributed by atoms with van der Waals surface area (Å²) in [5.41, 5.74) is -0.0777. The van der Waals surface area contributed by atoms with Crippen molar-refractivity contribution in [3.8, 4) is 57.5 Å². The Morgan fingerprint density at radius 2 is 1.18 bits per heavy atom. The molecule has 0 aliphatic carbocycles. The molecule has 4 heterocycles. The minimum atomic E-state index is -2.06. The van der Waals surface area contributed by atoms with E-state index >= 15 is 0 Å². The molecule has 0 amide bonds. The van der Waals surface area contributed by atoms with Gasteiger partial charge in [-0.1, -0.05) is 42.5 Å². The number of phenols is 8. The Morgan fingerprint density at radius 1 is 0.568 bits per heavy atom. The molecule has 394 valence electrons. The van der Waals surface area contributed by atoms with Crippen LogP contribution in [0.25, 0.3) is 6.08 Å². The van der Waals surface area contributed by atoms with Crippen LogP contribution in [0.5, 0.6) is 57.5 Å². The summed E-state index contributed by atoms with van der Waals surface area (Å²) in [7, 11) is 0. The van der Waals surface area contributed by atoms with Crippen LogP contribution in [-0.4, -0.2) is 169 Å². The average molecular weight is 1030 g/mol. The van der Waals surface area contributed by atoms with Crippen LogP contribution in [0.15, 0.2) is 91.0 Å². The normalized spacial score (nSPS) is 30.7. The Kier molecular flexibility index (Phi) is 14.7. The lowest BCUT2D eigenvalue weighted by Gasteiger charge is -2.46. The van der Waals surface area contributed by atoms with Crippen molar-refractivity contribution in [2.75, 3.05) is 13.2 Å². The summed E-state index contributed by atoms with van der Waals surface area (Å²) < 4.78 is 43.3. The highest BCUT2D eigenvalue weighted by molar-refractivity contribution is 5.87. The molecule has 2 saturated heterocycles. The molecule has 4 aliphatic rings. The second kappa shape index (κ2) is 21.0. The second-order valence-corrected chi connectivity index (χ2v) is 18.1. The number of rotatable bonds is 12. The van der Waals surface area contributed by atoms with Gasteiger partial charge < -0.3 is 110 Å². The number of fused-ring (bicyclic) bond motifs is 2. The van der Waals surface area contributed by atoms with E-state index in [0.717, 1.165) is 48.5 Å². The van der Waals surface area contributed by atoms with Gasteiger partial charge in [-0.3, -0.25) is 0 Å². The molecule has 23 heteroatoms. The SMILES string of the molecule is O=C(/C=C/c1ccccc1)O[C@H]1[C@H](O[C@H]2Cc3c(O)cc(O)c([C@@H]4c5c(O)cc(O)cc5O[C@H](c5ccc(O)c(O)c5)[C@H]4O[C@@H]4O[C@H](CO)[C@@H](O)[C@H](O)[C@H]4O)c3O[C@@H]2c2ccc(O)c(O)c2)O[C@H](CO)[C@@H](O)[C@@H]1O. The highest BCUT2D eigenvalue weighted by atomic mass is 16.7. The average Bonchev–Trinajstić information content (AvgIpc) is 3.39. The number of hydrogen-bond acceptors (Lipinski definition) is 23. The number of phenolic OH excluding ortho intramolecular Hbond substituents is 8. The molecule has 0 radical (unpaired) electrons. The zero-order valence-electron chi connectivity index (χ0n) is 38.5. The number of aliphatic hydroxyl groups is 7. The monoisotopic (exact) mass is 1030 g/mol. The molecule has 0 saturated carbocycles. The smallest absolute Gasteiger partial charge is 0.331 e. The number of benzene rings is 5. The van der Waals surface area contributed by atoms with Crippen LogP contribution < -0.4 is 9.47 Å². The van der Waals surface area contributed by atoms with Gasteiger partial charge in [0.25, 0.3) is 0 Å². The summed E-state index contributed by atoms with van der Waals surface area (Å²) in [6, 6.07) is 18.5. The minimum Gasteiger partial charge on any atom is -0.508 e. The predicted molar refractivity (Wildman–Crippen MR) is 248 cm³/mol. The molecule has 74 heavy (non-hydrogen) atoms. The zero-order chi connectivity index (χ0) is 52.9. The van der Waals surface area contributed by atoms with Crippen LogP contribution in [-0.2, 0) is 34.9 Å². The van der Waals surface area contributed by atoms with E-state index in [4.69, 9.17) is 33.2 Å². The summed E-state index contributed by atoms with van der Waals surface area (Å²) in [5, 5.41) is 164. The fourth-order valence-corrected chi connectivity index (χ4v) is 9.64. The Bertz CT molecular complexity index is 2880. The van der Waals surface area contributed by atoms with Gasteiger partial charge in [-0.2, -0.15) is 0 Å². The Hall–Kier alpha value is -7.13. The lowest BCUT2D eigenvalue weighted by atomic mass is 9.77. The molecule has 5 aromatic rings. The van der Waals surface area contributed by atoms with Gasteiger partial charge in [-0.15, -0.1) is 0 Å². The Morgan fingerprint density at radius 3 is 1.81 bits per heavy atom. The van der Waals surface area contributed by atoms with E-state index < -0.39 is 163 Å². The largest absolute Gasteiger partial charge is 0.508 e. The van der Waals surface area contributed by atoms with Crippen molar-refractivity contribution < 1.29 is 115 Å². The van der Waals surface area contributed by atoms with Crippen LogP contribution in [0.3, 0.4) is 0 Å². The van der Waals surface area contributed by atoms with E-state index in [1.54, 1.807) is 30.3 Å². The molecular weight excluding hydrogens is 981 g/mol. The number of carbonyl (C=O) groups is 1. The van der Waals surface area contributed by atoms with Gasteiger partial charge in [0.05, 0.1) is 19.1 Å². The number of carbonyl (C=O) groups excluding carboxylic acids is 1. The Labute approximate surface area is 418 Å². The maximum atomic E-state index is 13.3. The van der Waals surface area contributed by atoms with E-state index in [1.807, 2.05) is 0 Å². The van der Waals surface area contributed by atoms with Crippen LogP contribution >= 0.6 is 0 Å². The zero-order valence-corrected chi connectivity index (χ0v) is 38.5. The van der Waals surface area contributed by atoms with Crippen molar-refractivity contribution >= 4 is 12.0 Å². The molecule has 0 bridgehead atoms. The van der Waals surface area contributed by atoms with Gasteiger partial charge in [0.2, 0.25) is 0 Å². The fourth-order valence-electron chi connectivity index (χ4n) is 9.64. The molecule has 4 aliphatic heterocycles. The predicted octanol–water partition coefficient (Wildman–Crippen LogP) is 0.908. The number of hydrogen-bond donors (Lipinski definition) is 15. The third-order valence-corrected chi connectivity index (χ3v) is 13.4. The van der Waals surface area contributed by atoms with Gasteiger partial charge in [-0.25, -0.2) is 4.79 Å². The molecule has 15 atom stereocenters. The molecule has 0 aromatic heterocycles. The lowest BCUT2D eigenvalue weighted by molar-refractivity contribution is -0.319. The molecule has 15 N–H and O–H groups in total. The van der Waals surface area contributed by atoms with Gasteiger partial charge in [-0.05, 0) is 47.0 Å². The van der Waals surface area contributed by atoms with E-state index in [2.05, 4.69) is 0 Å². The van der Waals surface area contributed by atoms with Crippen LogP contribution in [0.1, 0.15) is 51.5 Å². The van der Waals surface area contributed by atoms with E-state index in [0.29, 0.717) is 5.56 Å². The molecule has 0 unspecified atom stereocenters. The van der Waals surface area contributed by atoms with Crippen molar-refractivity contribution in [1.82, 2.24) is 0 Å². The lowest BCUT2D eigenvalue weighted by Crippen LogP contribution is -2.61. The topological polar surface area (TPSA) is 385 Å². The van der Waals surface area contributed by atoms with Crippen LogP contribution in [0.2, 0.25) is 0 Å². The van der Waals surface area contributed by atoms with Gasteiger partial charge in [0.1, 0.15) is 89.4 Å². The quantitative estimate of drug-likeness (QED) is 0.0469. The first-order chi connectivity index (χ1) is 35.4. The summed E-state index contributed by atoms with van der Waals surface area (Å²) in [6.45, 7) is -1.74. The van der Waals surface area contributed by atoms with Gasteiger partial charge in [0, 0.05) is 47.4 Å². The van der Waals surface area contributed by atoms with Crippen molar-refractivity contribution in [2.45, 2.75) is 98.2 Å². The molecule has 0 spiro atoms. The summed E-state index contributed by atoms with van der Waals surface area (Å²) >= 11 is 0. The molecule has 23 nitrogen and oxygen atoms in total. The maximum Gasteiger partial charge on any atom is 0.331 e. The summed E-state index contributed by atoms with van der Waals surface area (Å²) in [6.07, 6.45) is -22.6. The molecular formula is C51H52O23. The first-order valence-electron chi connectivity index (χ1n) is 23.1. The van der Waals surface area contributed by atoms with Crippen molar-refractivity contribution in [3.05, 3.63) is 124 Å². The summed E-state index contributed by atoms with van der Waals surface area (Å²) in [4.78, 5) is 13.3. The van der Waals surface area contributed by atoms with Crippen LogP contribution in [0, 0.1) is 0 Å². The highest BCUT2D eigenvalue weighted by Gasteiger charge is 2.53. The Balaban J connectivity index is 1.19. The number of esters is 1. The minimum absolute atomic E-state index is 0.0131. The van der Waals surface area contributed by atoms with Gasteiger partial charge >= 0.3 is 5.97 Å². The number of aliphatic hydroxyl groups excluding tert-OH is 7. The number of ether oxygens (including phenoxy) is 7. The second-order valence-electron chi connectivity index (χ2n) is 18.1. The highest BCUT2D eigenvalue weighted by Crippen LogP contribution is 2.59. The number of aromatic hydroxyl groups is 8. The fraction of sp³-hybridized carbons (Fsp3) is 0.353. The van der Waals surface area contributed by atoms with E-state index in [-0.39, 0.29) is 39.3 Å². The van der Waals surface area contributed by atoms with Crippen LogP contribution in [0.4, 0.5) is 0 Å². The standard InChI is InChI=1S/C51H52O23/c52-18-34-40(63)42(65)44(67)50(70-34)74-48-39(37-30(60)14-23(54)15-32(37)68-46(48)22-8-10-26(56)29(59)13-22)38-31(61)17-27(57)24-16-33(45(73-47(24)38)21-7-9-25(55)28(58)12-21)69-51-49(43(66)41(64)35(19-53)71-51)72-36(62)11-6-20-4-2-1-3-5-20/h1-15,17,33-35,39-46,48-61,63-67H,16,18-19H2/b11-6+/t33-,34+,35+,39-,40+,41+,42-,43-,44+,45+,46+,48-,49+,50-,51+/m0/s1. The van der Waals surface area contributed by atoms with E-state index in [1.165, 1.54) is 18.2 Å². The van der Waals surface area contributed by atoms with Crippen molar-refractivity contribution in [1.29, 1.82) is 0 Å². The molecule has 2 fully saturated rings. The third kappa shape index (κ3) is 9.85. The third-order valence-electron chi connectivity index (χ3n) is 13.4. The van der Waals surface area contributed by atoms with Crippen molar-refractivity contribution in [3.63, 3.8) is 0 Å². The molecule has 9 rings (SSSR count). The first kappa shape index (κ1) is 51.8. The van der Waals surface area contributed by atoms with E-state index in [9.17, 15) is 81.4 Å². The van der Waals surface area contributed by atoms with Crippen molar-refractivity contribution in [2.24, 2.45) is 0 Å². The maximum absolute atomic E-state index is 13.3. The van der Waals surface area contributed by atoms with Gasteiger partial charge in [0.15, 0.2) is 53.9 Å².